The quantitative estimate of drug-likeness (QED) is 0.198. The molecule has 2 rings (SSSR count). The minimum atomic E-state index is -0.769. The Hall–Kier alpha value is -1.02. The van der Waals surface area contributed by atoms with Crippen LogP contribution in [0.5, 0.6) is 0 Å². The first-order valence-electron chi connectivity index (χ1n) is 11.6. The monoisotopic (exact) mass is 522 g/mol. The second-order valence-electron chi connectivity index (χ2n) is 8.66. The molecule has 1 aliphatic rings. The zero-order valence-corrected chi connectivity index (χ0v) is 21.6. The number of aryl methyl sites for hydroxylation is 2. The Bertz CT molecular complexity index is 819. The molecule has 0 spiro atoms. The number of unbranched alkanes of at least 4 members (excludes halogenated alkanes) is 1. The molecule has 32 heavy (non-hydrogen) atoms. The summed E-state index contributed by atoms with van der Waals surface area (Å²) in [5, 5.41) is 29.9. The Morgan fingerprint density at radius 3 is 2.78 bits per heavy atom. The van der Waals surface area contributed by atoms with Crippen molar-refractivity contribution in [1.29, 1.82) is 0 Å². The van der Waals surface area contributed by atoms with Gasteiger partial charge in [-0.2, -0.15) is 0 Å². The van der Waals surface area contributed by atoms with Gasteiger partial charge in [-0.3, -0.25) is 0 Å². The molecule has 3 N–H and O–H groups in total. The summed E-state index contributed by atoms with van der Waals surface area (Å²) in [6.07, 6.45) is 12.6. The molecule has 1 aromatic rings. The van der Waals surface area contributed by atoms with Crippen molar-refractivity contribution in [2.45, 2.75) is 77.4 Å². The Balaban J connectivity index is 1.94. The summed E-state index contributed by atoms with van der Waals surface area (Å²) < 4.78 is 1.21. The van der Waals surface area contributed by atoms with Crippen molar-refractivity contribution < 1.29 is 20.1 Å². The number of allylic oxidation sites excluding steroid dienone is 3. The van der Waals surface area contributed by atoms with Gasteiger partial charge in [-0.15, -0.1) is 0 Å². The van der Waals surface area contributed by atoms with E-state index in [4.69, 9.17) is 5.11 Å². The van der Waals surface area contributed by atoms with Crippen molar-refractivity contribution in [2.24, 2.45) is 17.8 Å². The van der Waals surface area contributed by atoms with E-state index < -0.39 is 18.2 Å². The molecule has 1 fully saturated rings. The van der Waals surface area contributed by atoms with Gasteiger partial charge in [0.15, 0.2) is 0 Å². The van der Waals surface area contributed by atoms with Crippen LogP contribution >= 0.6 is 27.3 Å². The van der Waals surface area contributed by atoms with E-state index >= 15 is 0 Å². The van der Waals surface area contributed by atoms with Gasteiger partial charge >= 0.3 is 206 Å². The first-order valence-corrected chi connectivity index (χ1v) is 13.2. The summed E-state index contributed by atoms with van der Waals surface area (Å²) in [4.78, 5) is 13.2. The third-order valence-corrected chi connectivity index (χ3v) is 8.94. The van der Waals surface area contributed by atoms with Crippen molar-refractivity contribution in [3.05, 3.63) is 44.1 Å². The number of aliphatic hydroxyl groups excluding tert-OH is 2. The van der Waals surface area contributed by atoms with Crippen LogP contribution < -0.4 is 0 Å². The number of rotatable bonds is 13. The molecule has 1 saturated carbocycles. The van der Waals surface area contributed by atoms with Crippen molar-refractivity contribution in [2.75, 3.05) is 0 Å². The molecule has 4 nitrogen and oxygen atoms in total. The molecule has 176 valence electrons. The number of carboxylic acid groups (broad SMARTS) is 1. The second kappa shape index (κ2) is 13.6. The molecule has 5 atom stereocenters. The van der Waals surface area contributed by atoms with Crippen LogP contribution in [0.3, 0.4) is 0 Å². The fraction of sp³-hybridized carbons (Fsp3) is 0.600. The van der Waals surface area contributed by atoms with Gasteiger partial charge in [0.05, 0.1) is 0 Å². The summed E-state index contributed by atoms with van der Waals surface area (Å²) >= 11 is 5.48. The van der Waals surface area contributed by atoms with Crippen molar-refractivity contribution >= 4 is 46.7 Å². The standard InChI is InChI=1S/C25H36BBrO4S/c1-3-19-23(32-16(2)25(19)27)13-11-18(28)10-12-20-17(15-26)14-22(29)21(20)8-6-4-5-7-9-24(30)31/h4,6,10,12,15,17-18,20-22,26,28-29H,3,5,7-9,11,13-14H2,1-2H3,(H,30,31)/b6-4-,12-10+/t17-,18+,20-,21+,22?/m0/s1. The number of hydrogen-bond donors (Lipinski definition) is 3. The van der Waals surface area contributed by atoms with E-state index in [-0.39, 0.29) is 24.2 Å². The second-order valence-corrected chi connectivity index (χ2v) is 10.8. The average Bonchev–Trinajstić information content (AvgIpc) is 3.21. The first-order chi connectivity index (χ1) is 15.3. The van der Waals surface area contributed by atoms with Crippen LogP contribution in [0.25, 0.3) is 0 Å². The molecule has 1 aromatic heterocycles. The molecule has 7 heteroatoms. The van der Waals surface area contributed by atoms with Gasteiger partial charge in [0.2, 0.25) is 0 Å². The first kappa shape index (κ1) is 27.2. The summed E-state index contributed by atoms with van der Waals surface area (Å²) in [5.74, 6) is 1.57. The topological polar surface area (TPSA) is 77.8 Å². The Kier molecular flexibility index (Phi) is 11.6. The zero-order valence-electron chi connectivity index (χ0n) is 19.2. The van der Waals surface area contributed by atoms with E-state index in [0.29, 0.717) is 19.3 Å². The fourth-order valence-electron chi connectivity index (χ4n) is 4.59. The fourth-order valence-corrected chi connectivity index (χ4v) is 6.66. The van der Waals surface area contributed by atoms with E-state index in [1.54, 1.807) is 11.3 Å². The Morgan fingerprint density at radius 1 is 1.38 bits per heavy atom. The third kappa shape index (κ3) is 7.79. The molecule has 0 bridgehead atoms. The Labute approximate surface area is 205 Å². The number of hydrogen-bond acceptors (Lipinski definition) is 4. The summed E-state index contributed by atoms with van der Waals surface area (Å²) in [6, 6.07) is 0. The van der Waals surface area contributed by atoms with Gasteiger partial charge in [-0.05, 0) is 0 Å². The summed E-state index contributed by atoms with van der Waals surface area (Å²) in [6.45, 7) is 4.28. The molecular weight excluding hydrogens is 487 g/mol. The number of aliphatic hydroxyl groups is 2. The average molecular weight is 523 g/mol. The van der Waals surface area contributed by atoms with Gasteiger partial charge in [-0.1, -0.05) is 0 Å². The van der Waals surface area contributed by atoms with Crippen LogP contribution in [-0.2, 0) is 17.6 Å². The summed E-state index contributed by atoms with van der Waals surface area (Å²) in [5.41, 5.74) is 1.35. The van der Waals surface area contributed by atoms with Crippen LogP contribution in [0.1, 0.15) is 60.8 Å². The molecule has 0 aliphatic heterocycles. The van der Waals surface area contributed by atoms with Crippen LogP contribution in [-0.4, -0.2) is 47.0 Å². The molecule has 1 unspecified atom stereocenters. The van der Waals surface area contributed by atoms with Gasteiger partial charge in [0.1, 0.15) is 0 Å². The molecule has 1 aliphatic carbocycles. The number of thiophene rings is 1. The normalized spacial score (nSPS) is 24.5. The van der Waals surface area contributed by atoms with E-state index in [1.165, 1.54) is 19.8 Å². The number of aliphatic carboxylic acids is 1. The zero-order chi connectivity index (χ0) is 23.7. The van der Waals surface area contributed by atoms with Crippen LogP contribution in [0.2, 0.25) is 0 Å². The van der Waals surface area contributed by atoms with Gasteiger partial charge in [0.25, 0.3) is 0 Å². The minimum absolute atomic E-state index is 0.0831. The molecule has 1 heterocycles. The van der Waals surface area contributed by atoms with E-state index in [9.17, 15) is 15.0 Å². The third-order valence-electron chi connectivity index (χ3n) is 6.40. The van der Waals surface area contributed by atoms with Crippen molar-refractivity contribution in [3.8, 4) is 0 Å². The number of carbonyl (C=O) groups is 1. The Morgan fingerprint density at radius 2 is 2.12 bits per heavy atom. The summed E-state index contributed by atoms with van der Waals surface area (Å²) in [7, 11) is 3.95. The van der Waals surface area contributed by atoms with Crippen molar-refractivity contribution in [1.82, 2.24) is 0 Å². The van der Waals surface area contributed by atoms with E-state index in [0.717, 1.165) is 25.7 Å². The van der Waals surface area contributed by atoms with Crippen LogP contribution in [0.4, 0.5) is 0 Å². The van der Waals surface area contributed by atoms with Crippen LogP contribution in [0, 0.1) is 24.7 Å². The predicted octanol–water partition coefficient (Wildman–Crippen LogP) is 4.75. The number of halogens is 1. The van der Waals surface area contributed by atoms with E-state index in [1.807, 2.05) is 18.1 Å². The SMILES string of the molecule is B=C[C@@H]1CC(O)[C@H](C/C=C\CCCC(=O)O)[C@H]1/C=C/[C@@H](O)CCc1sc(C)c(Br)c1CC. The molecule has 0 saturated heterocycles. The van der Waals surface area contributed by atoms with Crippen molar-refractivity contribution in [3.63, 3.8) is 0 Å². The molecule has 0 amide bonds. The maximum absolute atomic E-state index is 10.6. The van der Waals surface area contributed by atoms with Gasteiger partial charge in [0, 0.05) is 0 Å². The molecular formula is C25H36BBrO4S. The molecule has 0 radical (unpaired) electrons. The molecule has 0 aromatic carbocycles. The van der Waals surface area contributed by atoms with Gasteiger partial charge in [-0.25, -0.2) is 0 Å². The number of carboxylic acids is 1. The predicted molar refractivity (Wildman–Crippen MR) is 139 cm³/mol. The van der Waals surface area contributed by atoms with Gasteiger partial charge < -0.3 is 0 Å². The van der Waals surface area contributed by atoms with E-state index in [2.05, 4.69) is 49.4 Å². The van der Waals surface area contributed by atoms with Crippen LogP contribution in [0.15, 0.2) is 28.8 Å². The maximum atomic E-state index is 10.6.